The Kier molecular flexibility index (Phi) is 3.90. The van der Waals surface area contributed by atoms with E-state index in [1.165, 1.54) is 12.1 Å². The molecule has 0 saturated heterocycles. The lowest BCUT2D eigenvalue weighted by molar-refractivity contribution is 0.470. The maximum Gasteiger partial charge on any atom is 0.144 e. The van der Waals surface area contributed by atoms with Gasteiger partial charge in [0.2, 0.25) is 0 Å². The summed E-state index contributed by atoms with van der Waals surface area (Å²) in [5, 5.41) is 9.48. The van der Waals surface area contributed by atoms with E-state index in [9.17, 15) is 18.3 Å². The Balaban J connectivity index is 2.35. The molecule has 0 aliphatic rings. The van der Waals surface area contributed by atoms with Gasteiger partial charge in [-0.15, -0.1) is 0 Å². The molecule has 1 N–H and O–H groups in total. The van der Waals surface area contributed by atoms with Crippen LogP contribution in [0.2, 0.25) is 0 Å². The molecule has 0 amide bonds. The van der Waals surface area contributed by atoms with Crippen LogP contribution >= 0.6 is 15.9 Å². The van der Waals surface area contributed by atoms with Crippen molar-refractivity contribution in [3.8, 4) is 5.75 Å². The first kappa shape index (κ1) is 13.6. The minimum atomic E-state index is -0.774. The van der Waals surface area contributed by atoms with Crippen molar-refractivity contribution < 1.29 is 18.3 Å². The van der Waals surface area contributed by atoms with Crippen LogP contribution in [0.3, 0.4) is 0 Å². The topological polar surface area (TPSA) is 32.6 Å². The van der Waals surface area contributed by atoms with Crippen LogP contribution in [0.25, 0.3) is 0 Å². The van der Waals surface area contributed by atoms with E-state index in [0.29, 0.717) is 0 Å². The van der Waals surface area contributed by atoms with Crippen molar-refractivity contribution in [2.24, 2.45) is 4.99 Å². The summed E-state index contributed by atoms with van der Waals surface area (Å²) >= 11 is 2.95. The fourth-order valence-electron chi connectivity index (χ4n) is 1.37. The van der Waals surface area contributed by atoms with Crippen molar-refractivity contribution in [2.45, 2.75) is 0 Å². The lowest BCUT2D eigenvalue weighted by Gasteiger charge is -2.01. The van der Waals surface area contributed by atoms with Crippen LogP contribution in [0.4, 0.5) is 18.9 Å². The summed E-state index contributed by atoms with van der Waals surface area (Å²) in [5.41, 5.74) is 0.123. The first-order valence-electron chi connectivity index (χ1n) is 5.14. The number of aromatic hydroxyl groups is 1. The summed E-state index contributed by atoms with van der Waals surface area (Å²) < 4.78 is 39.2. The normalized spacial score (nSPS) is 11.2. The highest BCUT2D eigenvalue weighted by Gasteiger charge is 2.07. The van der Waals surface area contributed by atoms with E-state index < -0.39 is 17.5 Å². The maximum absolute atomic E-state index is 13.3. The number of hydrogen-bond acceptors (Lipinski definition) is 2. The number of rotatable bonds is 2. The SMILES string of the molecule is Oc1cc(F)c(Br)cc1/N=C/c1ccc(F)cc1F. The molecule has 98 valence electrons. The van der Waals surface area contributed by atoms with Crippen LogP contribution < -0.4 is 0 Å². The molecule has 0 aliphatic heterocycles. The van der Waals surface area contributed by atoms with Crippen molar-refractivity contribution in [2.75, 3.05) is 0 Å². The van der Waals surface area contributed by atoms with E-state index in [-0.39, 0.29) is 21.5 Å². The van der Waals surface area contributed by atoms with Gasteiger partial charge in [0.1, 0.15) is 28.9 Å². The van der Waals surface area contributed by atoms with E-state index in [1.807, 2.05) is 0 Å². The average Bonchev–Trinajstić information content (AvgIpc) is 2.34. The Bertz CT molecular complexity index is 659. The molecule has 0 aliphatic carbocycles. The Morgan fingerprint density at radius 1 is 1.05 bits per heavy atom. The van der Waals surface area contributed by atoms with Crippen LogP contribution in [-0.4, -0.2) is 11.3 Å². The molecule has 0 aromatic heterocycles. The summed E-state index contributed by atoms with van der Waals surface area (Å²) in [6, 6.07) is 5.16. The molecule has 0 heterocycles. The lowest BCUT2D eigenvalue weighted by atomic mass is 10.2. The fraction of sp³-hybridized carbons (Fsp3) is 0. The van der Waals surface area contributed by atoms with Crippen molar-refractivity contribution in [1.29, 1.82) is 0 Å². The van der Waals surface area contributed by atoms with Gasteiger partial charge < -0.3 is 5.11 Å². The van der Waals surface area contributed by atoms with Gasteiger partial charge in [0.15, 0.2) is 0 Å². The zero-order chi connectivity index (χ0) is 14.0. The van der Waals surface area contributed by atoms with Gasteiger partial charge in [0.05, 0.1) is 4.47 Å². The van der Waals surface area contributed by atoms with Gasteiger partial charge in [0, 0.05) is 23.9 Å². The molecule has 0 atom stereocenters. The van der Waals surface area contributed by atoms with Gasteiger partial charge in [-0.3, -0.25) is 4.99 Å². The Morgan fingerprint density at radius 2 is 1.79 bits per heavy atom. The molecule has 6 heteroatoms. The Hall–Kier alpha value is -1.82. The summed E-state index contributed by atoms with van der Waals surface area (Å²) in [4.78, 5) is 3.83. The molecule has 0 unspecified atom stereocenters. The lowest BCUT2D eigenvalue weighted by Crippen LogP contribution is -1.89. The molecular formula is C13H7BrF3NO. The van der Waals surface area contributed by atoms with Gasteiger partial charge in [-0.2, -0.15) is 0 Å². The van der Waals surface area contributed by atoms with Gasteiger partial charge in [0.25, 0.3) is 0 Å². The molecule has 0 spiro atoms. The Morgan fingerprint density at radius 3 is 2.47 bits per heavy atom. The molecule has 2 aromatic rings. The van der Waals surface area contributed by atoms with Crippen LogP contribution in [0.5, 0.6) is 5.75 Å². The second-order valence-electron chi connectivity index (χ2n) is 3.68. The summed E-state index contributed by atoms with van der Waals surface area (Å²) in [6.07, 6.45) is 1.12. The molecule has 2 aromatic carbocycles. The summed E-state index contributed by atoms with van der Waals surface area (Å²) in [7, 11) is 0. The van der Waals surface area contributed by atoms with Gasteiger partial charge in [-0.1, -0.05) is 0 Å². The monoisotopic (exact) mass is 329 g/mol. The number of benzene rings is 2. The number of aliphatic imine (C=N–C) groups is 1. The first-order chi connectivity index (χ1) is 8.97. The maximum atomic E-state index is 13.3. The molecule has 0 bridgehead atoms. The molecule has 0 fully saturated rings. The quantitative estimate of drug-likeness (QED) is 0.817. The number of nitrogens with zero attached hydrogens (tertiary/aromatic N) is 1. The van der Waals surface area contributed by atoms with Crippen LogP contribution in [0.15, 0.2) is 39.8 Å². The molecule has 0 radical (unpaired) electrons. The highest BCUT2D eigenvalue weighted by molar-refractivity contribution is 9.10. The Labute approximate surface area is 115 Å². The zero-order valence-electron chi connectivity index (χ0n) is 9.37. The van der Waals surface area contributed by atoms with Crippen LogP contribution in [0, 0.1) is 17.5 Å². The highest BCUT2D eigenvalue weighted by Crippen LogP contribution is 2.31. The molecule has 2 rings (SSSR count). The molecular weight excluding hydrogens is 323 g/mol. The van der Waals surface area contributed by atoms with E-state index >= 15 is 0 Å². The van der Waals surface area contributed by atoms with Gasteiger partial charge in [-0.05, 0) is 34.1 Å². The van der Waals surface area contributed by atoms with Crippen LogP contribution in [-0.2, 0) is 0 Å². The molecule has 0 saturated carbocycles. The average molecular weight is 330 g/mol. The number of phenols is 1. The largest absolute Gasteiger partial charge is 0.506 e. The van der Waals surface area contributed by atoms with Gasteiger partial charge >= 0.3 is 0 Å². The third-order valence-corrected chi connectivity index (χ3v) is 2.93. The highest BCUT2D eigenvalue weighted by atomic mass is 79.9. The van der Waals surface area contributed by atoms with E-state index in [1.54, 1.807) is 0 Å². The minimum Gasteiger partial charge on any atom is -0.506 e. The predicted octanol–water partition coefficient (Wildman–Crippen LogP) is 4.32. The number of halogens is 4. The van der Waals surface area contributed by atoms with Crippen molar-refractivity contribution in [3.63, 3.8) is 0 Å². The fourth-order valence-corrected chi connectivity index (χ4v) is 1.71. The van der Waals surface area contributed by atoms with Crippen molar-refractivity contribution in [3.05, 3.63) is 57.8 Å². The van der Waals surface area contributed by atoms with Crippen molar-refractivity contribution in [1.82, 2.24) is 0 Å². The summed E-state index contributed by atoms with van der Waals surface area (Å²) in [6.45, 7) is 0. The van der Waals surface area contributed by atoms with E-state index in [4.69, 9.17) is 0 Å². The smallest absolute Gasteiger partial charge is 0.144 e. The first-order valence-corrected chi connectivity index (χ1v) is 5.94. The standard InChI is InChI=1S/C13H7BrF3NO/c14-9-4-12(13(19)5-11(9)17)18-6-7-1-2-8(15)3-10(7)16/h1-6,19H/b18-6+. The minimum absolute atomic E-state index is 0.0567. The van der Waals surface area contributed by atoms with Crippen LogP contribution in [0.1, 0.15) is 5.56 Å². The number of phenolic OH excluding ortho intramolecular Hbond substituents is 1. The number of hydrogen-bond donors (Lipinski definition) is 1. The van der Waals surface area contributed by atoms with Gasteiger partial charge in [-0.25, -0.2) is 13.2 Å². The second-order valence-corrected chi connectivity index (χ2v) is 4.53. The predicted molar refractivity (Wildman–Crippen MR) is 69.4 cm³/mol. The second kappa shape index (κ2) is 5.44. The van der Waals surface area contributed by atoms with E-state index in [0.717, 1.165) is 24.4 Å². The third kappa shape index (κ3) is 3.14. The third-order valence-electron chi connectivity index (χ3n) is 2.32. The zero-order valence-corrected chi connectivity index (χ0v) is 11.0. The molecule has 19 heavy (non-hydrogen) atoms. The van der Waals surface area contributed by atoms with E-state index in [2.05, 4.69) is 20.9 Å². The summed E-state index contributed by atoms with van der Waals surface area (Å²) in [5.74, 6) is -2.48. The van der Waals surface area contributed by atoms with Crippen molar-refractivity contribution >= 4 is 27.8 Å². The molecule has 2 nitrogen and oxygen atoms in total.